The molecule has 1 rings (SSSR count). The molecule has 1 aromatic carbocycles. The lowest BCUT2D eigenvalue weighted by Crippen LogP contribution is -2.16. The molecular formula is C11H14N2O4. The number of anilines is 1. The third kappa shape index (κ3) is 3.75. The first-order valence-corrected chi connectivity index (χ1v) is 5.19. The molecule has 0 saturated heterocycles. The van der Waals surface area contributed by atoms with Crippen LogP contribution in [0.5, 0.6) is 0 Å². The Hall–Kier alpha value is -2.11. The Morgan fingerprint density at radius 2 is 2.24 bits per heavy atom. The van der Waals surface area contributed by atoms with Gasteiger partial charge in [-0.05, 0) is 19.9 Å². The molecule has 1 aromatic rings. The predicted molar refractivity (Wildman–Crippen MR) is 63.0 cm³/mol. The van der Waals surface area contributed by atoms with Crippen molar-refractivity contribution in [3.05, 3.63) is 33.9 Å². The van der Waals surface area contributed by atoms with E-state index in [2.05, 4.69) is 5.32 Å². The van der Waals surface area contributed by atoms with Gasteiger partial charge in [-0.2, -0.15) is 0 Å². The first-order valence-electron chi connectivity index (χ1n) is 5.19. The van der Waals surface area contributed by atoms with E-state index in [0.717, 1.165) is 0 Å². The van der Waals surface area contributed by atoms with Crippen LogP contribution in [0.1, 0.15) is 12.5 Å². The van der Waals surface area contributed by atoms with E-state index in [1.807, 2.05) is 0 Å². The molecule has 0 unspecified atom stereocenters. The van der Waals surface area contributed by atoms with E-state index in [0.29, 0.717) is 17.9 Å². The maximum Gasteiger partial charge on any atom is 0.325 e. The van der Waals surface area contributed by atoms with Crippen LogP contribution in [-0.4, -0.2) is 24.0 Å². The molecule has 6 nitrogen and oxygen atoms in total. The van der Waals surface area contributed by atoms with Crippen LogP contribution < -0.4 is 5.32 Å². The number of hydrogen-bond acceptors (Lipinski definition) is 5. The SMILES string of the molecule is CCOC(=O)CNc1ccc(C)c([N+](=O)[O-])c1. The highest BCUT2D eigenvalue weighted by atomic mass is 16.6. The number of aryl methyl sites for hydroxylation is 1. The summed E-state index contributed by atoms with van der Waals surface area (Å²) in [5.41, 5.74) is 1.13. The topological polar surface area (TPSA) is 81.5 Å². The van der Waals surface area contributed by atoms with Gasteiger partial charge in [0.05, 0.1) is 11.5 Å². The number of nitrogens with zero attached hydrogens (tertiary/aromatic N) is 1. The number of rotatable bonds is 5. The van der Waals surface area contributed by atoms with Crippen molar-refractivity contribution < 1.29 is 14.5 Å². The van der Waals surface area contributed by atoms with Crippen molar-refractivity contribution in [2.45, 2.75) is 13.8 Å². The number of nitrogens with one attached hydrogen (secondary N) is 1. The normalized spacial score (nSPS) is 9.76. The average Bonchev–Trinajstić information content (AvgIpc) is 2.28. The Kier molecular flexibility index (Phi) is 4.45. The number of carbonyl (C=O) groups excluding carboxylic acids is 1. The summed E-state index contributed by atoms with van der Waals surface area (Å²) in [7, 11) is 0. The molecule has 92 valence electrons. The lowest BCUT2D eigenvalue weighted by Gasteiger charge is -2.06. The van der Waals surface area contributed by atoms with E-state index < -0.39 is 10.9 Å². The second kappa shape index (κ2) is 5.83. The molecule has 0 aliphatic rings. The Morgan fingerprint density at radius 3 is 2.82 bits per heavy atom. The molecule has 1 N–H and O–H groups in total. The van der Waals surface area contributed by atoms with E-state index in [1.165, 1.54) is 6.07 Å². The third-order valence-electron chi connectivity index (χ3n) is 2.15. The van der Waals surface area contributed by atoms with Gasteiger partial charge in [-0.1, -0.05) is 6.07 Å². The van der Waals surface area contributed by atoms with Crippen molar-refractivity contribution >= 4 is 17.3 Å². The summed E-state index contributed by atoms with van der Waals surface area (Å²) in [4.78, 5) is 21.3. The predicted octanol–water partition coefficient (Wildman–Crippen LogP) is 1.88. The monoisotopic (exact) mass is 238 g/mol. The van der Waals surface area contributed by atoms with Gasteiger partial charge >= 0.3 is 5.97 Å². The van der Waals surface area contributed by atoms with Gasteiger partial charge in [-0.3, -0.25) is 14.9 Å². The van der Waals surface area contributed by atoms with Gasteiger partial charge in [-0.15, -0.1) is 0 Å². The number of nitro benzene ring substituents is 1. The fourth-order valence-electron chi connectivity index (χ4n) is 1.30. The summed E-state index contributed by atoms with van der Waals surface area (Å²) in [5.74, 6) is -0.393. The second-order valence-corrected chi connectivity index (χ2v) is 3.42. The first kappa shape index (κ1) is 13.0. The fourth-order valence-corrected chi connectivity index (χ4v) is 1.30. The van der Waals surface area contributed by atoms with Gasteiger partial charge in [0, 0.05) is 17.3 Å². The molecule has 0 saturated carbocycles. The number of benzene rings is 1. The molecule has 0 heterocycles. The summed E-state index contributed by atoms with van der Waals surface area (Å²) >= 11 is 0. The minimum atomic E-state index is -0.453. The zero-order chi connectivity index (χ0) is 12.8. The van der Waals surface area contributed by atoms with Crippen molar-refractivity contribution in [1.82, 2.24) is 0 Å². The Morgan fingerprint density at radius 1 is 1.53 bits per heavy atom. The first-order chi connectivity index (χ1) is 8.04. The number of carbonyl (C=O) groups is 1. The van der Waals surface area contributed by atoms with Crippen LogP contribution >= 0.6 is 0 Å². The maximum atomic E-state index is 11.1. The molecule has 0 aliphatic heterocycles. The quantitative estimate of drug-likeness (QED) is 0.481. The molecule has 0 aliphatic carbocycles. The van der Waals surface area contributed by atoms with Gasteiger partial charge in [0.15, 0.2) is 0 Å². The van der Waals surface area contributed by atoms with Crippen LogP contribution in [0, 0.1) is 17.0 Å². The molecule has 0 aromatic heterocycles. The van der Waals surface area contributed by atoms with E-state index >= 15 is 0 Å². The Bertz CT molecular complexity index is 431. The second-order valence-electron chi connectivity index (χ2n) is 3.42. The summed E-state index contributed by atoms with van der Waals surface area (Å²) in [6, 6.07) is 4.71. The standard InChI is InChI=1S/C11H14N2O4/c1-3-17-11(14)7-12-9-5-4-8(2)10(6-9)13(15)16/h4-6,12H,3,7H2,1-2H3. The molecule has 0 fully saturated rings. The van der Waals surface area contributed by atoms with E-state index in [4.69, 9.17) is 4.74 Å². The average molecular weight is 238 g/mol. The van der Waals surface area contributed by atoms with Gasteiger partial charge < -0.3 is 10.1 Å². The van der Waals surface area contributed by atoms with E-state index in [1.54, 1.807) is 26.0 Å². The third-order valence-corrected chi connectivity index (χ3v) is 2.15. The van der Waals surface area contributed by atoms with Crippen LogP contribution in [0.3, 0.4) is 0 Å². The van der Waals surface area contributed by atoms with Crippen LogP contribution in [0.15, 0.2) is 18.2 Å². The van der Waals surface area contributed by atoms with Gasteiger partial charge in [0.25, 0.3) is 5.69 Å². The number of ether oxygens (including phenoxy) is 1. The molecule has 0 bridgehead atoms. The van der Waals surface area contributed by atoms with Gasteiger partial charge in [-0.25, -0.2) is 0 Å². The van der Waals surface area contributed by atoms with Crippen LogP contribution in [0.25, 0.3) is 0 Å². The smallest absolute Gasteiger partial charge is 0.325 e. The maximum absolute atomic E-state index is 11.1. The van der Waals surface area contributed by atoms with Crippen molar-refractivity contribution in [3.63, 3.8) is 0 Å². The van der Waals surface area contributed by atoms with Crippen LogP contribution in [0.4, 0.5) is 11.4 Å². The minimum Gasteiger partial charge on any atom is -0.465 e. The van der Waals surface area contributed by atoms with Crippen LogP contribution in [-0.2, 0) is 9.53 Å². The zero-order valence-corrected chi connectivity index (χ0v) is 9.73. The highest BCUT2D eigenvalue weighted by molar-refractivity contribution is 5.75. The van der Waals surface area contributed by atoms with Crippen molar-refractivity contribution in [3.8, 4) is 0 Å². The number of esters is 1. The number of hydrogen-bond donors (Lipinski definition) is 1. The molecule has 6 heteroatoms. The molecular weight excluding hydrogens is 224 g/mol. The minimum absolute atomic E-state index is 0.00590. The van der Waals surface area contributed by atoms with Gasteiger partial charge in [0.1, 0.15) is 6.54 Å². The molecule has 0 atom stereocenters. The summed E-state index contributed by atoms with van der Waals surface area (Å²) in [6.07, 6.45) is 0. The molecule has 0 spiro atoms. The summed E-state index contributed by atoms with van der Waals surface area (Å²) < 4.78 is 4.73. The summed E-state index contributed by atoms with van der Waals surface area (Å²) in [5, 5.41) is 13.5. The van der Waals surface area contributed by atoms with Crippen molar-refractivity contribution in [2.24, 2.45) is 0 Å². The van der Waals surface area contributed by atoms with Crippen molar-refractivity contribution in [2.75, 3.05) is 18.5 Å². The fraction of sp³-hybridized carbons (Fsp3) is 0.364. The number of nitro groups is 1. The lowest BCUT2D eigenvalue weighted by molar-refractivity contribution is -0.385. The summed E-state index contributed by atoms with van der Waals surface area (Å²) in [6.45, 7) is 3.69. The highest BCUT2D eigenvalue weighted by Crippen LogP contribution is 2.21. The largest absolute Gasteiger partial charge is 0.465 e. The van der Waals surface area contributed by atoms with Crippen molar-refractivity contribution in [1.29, 1.82) is 0 Å². The van der Waals surface area contributed by atoms with Gasteiger partial charge in [0.2, 0.25) is 0 Å². The van der Waals surface area contributed by atoms with Crippen LogP contribution in [0.2, 0.25) is 0 Å². The molecule has 0 radical (unpaired) electrons. The van der Waals surface area contributed by atoms with E-state index in [9.17, 15) is 14.9 Å². The Labute approximate surface area is 98.7 Å². The molecule has 0 amide bonds. The molecule has 17 heavy (non-hydrogen) atoms. The zero-order valence-electron chi connectivity index (χ0n) is 9.73. The highest BCUT2D eigenvalue weighted by Gasteiger charge is 2.11. The lowest BCUT2D eigenvalue weighted by atomic mass is 10.2. The van der Waals surface area contributed by atoms with E-state index in [-0.39, 0.29) is 12.2 Å². The Balaban J connectivity index is 2.69.